The Morgan fingerprint density at radius 1 is 0.698 bits per heavy atom. The first-order valence-electron chi connectivity index (χ1n) is 15.5. The number of amides is 1. The average molecular weight is 594 g/mol. The first kappa shape index (κ1) is 33.4. The Balaban J connectivity index is 1.62. The Morgan fingerprint density at radius 3 is 1.56 bits per heavy atom. The average Bonchev–Trinajstić information content (AvgIpc) is 3.26. The molecule has 1 amide bonds. The molecule has 0 aliphatic carbocycles. The quantitative estimate of drug-likeness (QED) is 0.0430. The lowest BCUT2D eigenvalue weighted by molar-refractivity contribution is -0.385. The number of unbranched alkanes of at least 4 members (excludes halogenated alkanes) is 13. The van der Waals surface area contributed by atoms with E-state index >= 15 is 0 Å². The molecule has 0 radical (unpaired) electrons. The third kappa shape index (κ3) is 9.46. The maximum absolute atomic E-state index is 13.2. The van der Waals surface area contributed by atoms with Crippen molar-refractivity contribution in [3.8, 4) is 0 Å². The van der Waals surface area contributed by atoms with Crippen molar-refractivity contribution in [2.75, 3.05) is 6.54 Å². The first-order valence-corrected chi connectivity index (χ1v) is 15.5. The summed E-state index contributed by atoms with van der Waals surface area (Å²) < 4.78 is 0. The minimum Gasteiger partial charge on any atom is -0.507 e. The van der Waals surface area contributed by atoms with Crippen LogP contribution in [0.1, 0.15) is 114 Å². The topological polar surface area (TPSA) is 144 Å². The zero-order valence-corrected chi connectivity index (χ0v) is 25.0. The van der Waals surface area contributed by atoms with Gasteiger partial charge in [0.15, 0.2) is 0 Å². The molecule has 1 saturated heterocycles. The standard InChI is InChI=1S/C33H43N3O7/c1-2-3-4-5-6-7-8-9-10-11-12-13-14-15-24-34-30(25-16-20-27(21-17-25)35(40)41)29(32(38)33(34)39)31(37)26-18-22-28(23-19-26)36(42)43/h16-23,30,37H,2-15,24H2,1H3/t30-/m0/s1. The van der Waals surface area contributed by atoms with Gasteiger partial charge in [-0.15, -0.1) is 0 Å². The molecule has 1 N–H and O–H groups in total. The highest BCUT2D eigenvalue weighted by Gasteiger charge is 2.45. The molecule has 3 rings (SSSR count). The number of hydrogen-bond acceptors (Lipinski definition) is 7. The Labute approximate surface area is 253 Å². The van der Waals surface area contributed by atoms with E-state index in [1.54, 1.807) is 0 Å². The molecule has 1 heterocycles. The number of rotatable bonds is 19. The van der Waals surface area contributed by atoms with E-state index in [1.807, 2.05) is 0 Å². The summed E-state index contributed by atoms with van der Waals surface area (Å²) in [4.78, 5) is 48.9. The number of aliphatic hydroxyl groups excluding tert-OH is 1. The predicted octanol–water partition coefficient (Wildman–Crippen LogP) is 8.41. The van der Waals surface area contributed by atoms with Crippen LogP contribution in [-0.4, -0.2) is 38.1 Å². The third-order valence-corrected chi connectivity index (χ3v) is 8.06. The summed E-state index contributed by atoms with van der Waals surface area (Å²) in [5, 5.41) is 33.4. The lowest BCUT2D eigenvalue weighted by Crippen LogP contribution is -2.30. The minimum atomic E-state index is -0.932. The van der Waals surface area contributed by atoms with Crippen molar-refractivity contribution in [1.29, 1.82) is 0 Å². The van der Waals surface area contributed by atoms with Crippen molar-refractivity contribution >= 4 is 28.8 Å². The number of nitro benzene ring substituents is 2. The van der Waals surface area contributed by atoms with Crippen LogP contribution in [0.2, 0.25) is 0 Å². The molecule has 232 valence electrons. The van der Waals surface area contributed by atoms with Gasteiger partial charge in [-0.05, 0) is 36.2 Å². The smallest absolute Gasteiger partial charge is 0.295 e. The first-order chi connectivity index (χ1) is 20.8. The molecule has 2 aromatic carbocycles. The van der Waals surface area contributed by atoms with Gasteiger partial charge >= 0.3 is 0 Å². The molecule has 1 atom stereocenters. The van der Waals surface area contributed by atoms with Gasteiger partial charge in [0, 0.05) is 36.4 Å². The molecule has 10 heteroatoms. The van der Waals surface area contributed by atoms with E-state index in [4.69, 9.17) is 0 Å². The zero-order chi connectivity index (χ0) is 31.2. The predicted molar refractivity (Wildman–Crippen MR) is 166 cm³/mol. The molecule has 2 aromatic rings. The summed E-state index contributed by atoms with van der Waals surface area (Å²) in [5.74, 6) is -2.05. The van der Waals surface area contributed by atoms with E-state index in [1.165, 1.54) is 118 Å². The van der Waals surface area contributed by atoms with Crippen molar-refractivity contribution in [3.05, 3.63) is 85.5 Å². The largest absolute Gasteiger partial charge is 0.507 e. The van der Waals surface area contributed by atoms with Crippen LogP contribution in [0.3, 0.4) is 0 Å². The van der Waals surface area contributed by atoms with Crippen LogP contribution in [0.15, 0.2) is 54.1 Å². The van der Waals surface area contributed by atoms with Crippen molar-refractivity contribution < 1.29 is 24.5 Å². The SMILES string of the molecule is CCCCCCCCCCCCCCCCN1C(=O)C(=O)C(=C(O)c2ccc([N+](=O)[O-])cc2)[C@@H]1c1ccc([N+](=O)[O-])cc1. The molecule has 0 aromatic heterocycles. The van der Waals surface area contributed by atoms with Crippen LogP contribution in [0.25, 0.3) is 5.76 Å². The van der Waals surface area contributed by atoms with Crippen LogP contribution in [0.4, 0.5) is 11.4 Å². The number of likely N-dealkylation sites (tertiary alicyclic amines) is 1. The molecule has 1 fully saturated rings. The minimum absolute atomic E-state index is 0.136. The summed E-state index contributed by atoms with van der Waals surface area (Å²) in [7, 11) is 0. The van der Waals surface area contributed by atoms with Gasteiger partial charge < -0.3 is 10.0 Å². The monoisotopic (exact) mass is 593 g/mol. The normalized spacial score (nSPS) is 16.1. The van der Waals surface area contributed by atoms with Gasteiger partial charge in [0.1, 0.15) is 5.76 Å². The van der Waals surface area contributed by atoms with Gasteiger partial charge in [-0.1, -0.05) is 90.4 Å². The van der Waals surface area contributed by atoms with Crippen molar-refractivity contribution in [3.63, 3.8) is 0 Å². The highest BCUT2D eigenvalue weighted by molar-refractivity contribution is 6.46. The number of ketones is 1. The van der Waals surface area contributed by atoms with E-state index in [9.17, 15) is 34.9 Å². The van der Waals surface area contributed by atoms with Crippen LogP contribution in [-0.2, 0) is 9.59 Å². The van der Waals surface area contributed by atoms with Crippen molar-refractivity contribution in [2.24, 2.45) is 0 Å². The Hall–Kier alpha value is -4.08. The number of Topliss-reactive ketones (excluding diaryl/α,β-unsaturated/α-hetero) is 1. The van der Waals surface area contributed by atoms with Gasteiger partial charge in [0.25, 0.3) is 23.1 Å². The lowest BCUT2D eigenvalue weighted by Gasteiger charge is -2.25. The fraction of sp³-hybridized carbons (Fsp3) is 0.515. The zero-order valence-electron chi connectivity index (χ0n) is 25.0. The summed E-state index contributed by atoms with van der Waals surface area (Å²) in [5.41, 5.74) is 0.161. The third-order valence-electron chi connectivity index (χ3n) is 8.06. The second-order valence-corrected chi connectivity index (χ2v) is 11.2. The maximum atomic E-state index is 13.2. The summed E-state index contributed by atoms with van der Waals surface area (Å²) >= 11 is 0. The van der Waals surface area contributed by atoms with Crippen LogP contribution in [0.5, 0.6) is 0 Å². The molecule has 43 heavy (non-hydrogen) atoms. The number of carbonyl (C=O) groups is 2. The summed E-state index contributed by atoms with van der Waals surface area (Å²) in [6.07, 6.45) is 16.6. The number of nitrogens with zero attached hydrogens (tertiary/aromatic N) is 3. The summed E-state index contributed by atoms with van der Waals surface area (Å²) in [6, 6.07) is 9.69. The van der Waals surface area contributed by atoms with Gasteiger partial charge in [0.2, 0.25) is 0 Å². The fourth-order valence-electron chi connectivity index (χ4n) is 5.61. The lowest BCUT2D eigenvalue weighted by atomic mass is 9.95. The molecule has 1 aliphatic heterocycles. The van der Waals surface area contributed by atoms with Crippen molar-refractivity contribution in [2.45, 2.75) is 103 Å². The Kier molecular flexibility index (Phi) is 13.3. The number of non-ortho nitro benzene ring substituents is 2. The Morgan fingerprint density at radius 2 is 1.12 bits per heavy atom. The highest BCUT2D eigenvalue weighted by atomic mass is 16.6. The fourth-order valence-corrected chi connectivity index (χ4v) is 5.61. The van der Waals surface area contributed by atoms with Crippen LogP contribution in [0, 0.1) is 20.2 Å². The van der Waals surface area contributed by atoms with Gasteiger partial charge in [-0.2, -0.15) is 0 Å². The molecular formula is C33H43N3O7. The number of benzene rings is 2. The molecule has 1 aliphatic rings. The molecule has 0 unspecified atom stereocenters. The maximum Gasteiger partial charge on any atom is 0.295 e. The van der Waals surface area contributed by atoms with Crippen LogP contribution < -0.4 is 0 Å². The number of aliphatic hydroxyl groups is 1. The van der Waals surface area contributed by atoms with Crippen LogP contribution >= 0.6 is 0 Å². The van der Waals surface area contributed by atoms with Gasteiger partial charge in [-0.25, -0.2) is 0 Å². The molecule has 0 bridgehead atoms. The molecule has 0 saturated carbocycles. The second kappa shape index (κ2) is 17.1. The van der Waals surface area contributed by atoms with Gasteiger partial charge in [-0.3, -0.25) is 29.8 Å². The van der Waals surface area contributed by atoms with E-state index in [0.29, 0.717) is 18.5 Å². The molecule has 10 nitrogen and oxygen atoms in total. The van der Waals surface area contributed by atoms with E-state index in [-0.39, 0.29) is 22.5 Å². The number of hydrogen-bond donors (Lipinski definition) is 1. The van der Waals surface area contributed by atoms with Gasteiger partial charge in [0.05, 0.1) is 21.5 Å². The highest BCUT2D eigenvalue weighted by Crippen LogP contribution is 2.40. The molecular weight excluding hydrogens is 550 g/mol. The Bertz CT molecular complexity index is 1270. The summed E-state index contributed by atoms with van der Waals surface area (Å²) in [6.45, 7) is 2.53. The van der Waals surface area contributed by atoms with E-state index in [2.05, 4.69) is 6.92 Å². The number of nitro groups is 2. The van der Waals surface area contributed by atoms with E-state index in [0.717, 1.165) is 19.3 Å². The molecule has 0 spiro atoms. The van der Waals surface area contributed by atoms with Crippen molar-refractivity contribution in [1.82, 2.24) is 4.90 Å². The second-order valence-electron chi connectivity index (χ2n) is 11.2. The number of carbonyl (C=O) groups excluding carboxylic acids is 2. The van der Waals surface area contributed by atoms with E-state index < -0.39 is 33.3 Å².